The predicted octanol–water partition coefficient (Wildman–Crippen LogP) is 6.32. The molecule has 178 valence electrons. The van der Waals surface area contributed by atoms with E-state index in [2.05, 4.69) is 51.2 Å². The molecule has 1 atom stereocenters. The number of carbonyl (C=O) groups is 2. The van der Waals surface area contributed by atoms with Crippen molar-refractivity contribution in [3.63, 3.8) is 0 Å². The van der Waals surface area contributed by atoms with Gasteiger partial charge in [-0.1, -0.05) is 34.9 Å². The number of carboxylic acid groups (broad SMARTS) is 1. The van der Waals surface area contributed by atoms with Crippen molar-refractivity contribution >= 4 is 23.6 Å². The fraction of sp³-hybridized carbons (Fsp3) is 0.538. The molecule has 32 heavy (non-hydrogen) atoms. The summed E-state index contributed by atoms with van der Waals surface area (Å²) in [4.78, 5) is 23.5. The van der Waals surface area contributed by atoms with Crippen LogP contribution in [0, 0.1) is 0 Å². The van der Waals surface area contributed by atoms with Crippen molar-refractivity contribution in [2.24, 2.45) is 0 Å². The summed E-state index contributed by atoms with van der Waals surface area (Å²) in [5.41, 5.74) is 4.17. The lowest BCUT2D eigenvalue weighted by molar-refractivity contribution is -0.141. The lowest BCUT2D eigenvalue weighted by Crippen LogP contribution is -2.41. The van der Waals surface area contributed by atoms with Gasteiger partial charge in [-0.2, -0.15) is 11.8 Å². The lowest BCUT2D eigenvalue weighted by Gasteiger charge is -2.14. The minimum atomic E-state index is -0.990. The van der Waals surface area contributed by atoms with E-state index in [0.29, 0.717) is 18.6 Å². The number of aliphatic carboxylic acids is 1. The zero-order valence-corrected chi connectivity index (χ0v) is 20.8. The Labute approximate surface area is 197 Å². The summed E-state index contributed by atoms with van der Waals surface area (Å²) in [6, 6.07) is 2.72. The molecule has 0 radical (unpaired) electrons. The summed E-state index contributed by atoms with van der Waals surface area (Å²) in [6.45, 7) is 8.61. The number of nitrogens with one attached hydrogen (secondary N) is 1. The van der Waals surface area contributed by atoms with Crippen molar-refractivity contribution in [2.75, 3.05) is 11.5 Å². The van der Waals surface area contributed by atoms with Gasteiger partial charge in [-0.05, 0) is 77.7 Å². The molecule has 0 aromatic carbocycles. The third-order valence-corrected chi connectivity index (χ3v) is 5.96. The molecular formula is C26H39NO4S. The Bertz CT molecular complexity index is 774. The smallest absolute Gasteiger partial charge is 0.326 e. The monoisotopic (exact) mass is 461 g/mol. The number of aryl methyl sites for hydroxylation is 1. The molecule has 1 heterocycles. The Hall–Kier alpha value is -2.21. The molecule has 1 aromatic rings. The van der Waals surface area contributed by atoms with Crippen molar-refractivity contribution in [1.82, 2.24) is 5.32 Å². The van der Waals surface area contributed by atoms with E-state index in [1.807, 2.05) is 0 Å². The van der Waals surface area contributed by atoms with Crippen molar-refractivity contribution in [3.8, 4) is 0 Å². The van der Waals surface area contributed by atoms with E-state index in [0.717, 1.165) is 37.2 Å². The van der Waals surface area contributed by atoms with E-state index >= 15 is 0 Å². The molecule has 0 fully saturated rings. The van der Waals surface area contributed by atoms with Gasteiger partial charge in [0, 0.05) is 18.6 Å². The van der Waals surface area contributed by atoms with Gasteiger partial charge in [0.2, 0.25) is 5.91 Å². The Morgan fingerprint density at radius 1 is 1.06 bits per heavy atom. The van der Waals surface area contributed by atoms with Crippen LogP contribution in [0.4, 0.5) is 0 Å². The molecule has 0 unspecified atom stereocenters. The van der Waals surface area contributed by atoms with Gasteiger partial charge < -0.3 is 14.8 Å². The molecule has 0 bridgehead atoms. The first kappa shape index (κ1) is 27.8. The van der Waals surface area contributed by atoms with Gasteiger partial charge in [0.05, 0.1) is 6.26 Å². The number of allylic oxidation sites excluding steroid dienone is 5. The third kappa shape index (κ3) is 14.0. The first-order valence-electron chi connectivity index (χ1n) is 11.3. The number of carbonyl (C=O) groups excluding carboxylic acids is 1. The normalized spacial score (nSPS) is 13.0. The first-order valence-corrected chi connectivity index (χ1v) is 12.5. The Morgan fingerprint density at radius 3 is 2.38 bits per heavy atom. The van der Waals surface area contributed by atoms with Gasteiger partial charge in [0.1, 0.15) is 11.8 Å². The molecule has 0 aliphatic carbocycles. The lowest BCUT2D eigenvalue weighted by atomic mass is 10.1. The highest BCUT2D eigenvalue weighted by atomic mass is 32.2. The molecule has 0 saturated heterocycles. The Balaban J connectivity index is 2.23. The molecule has 0 saturated carbocycles. The number of carboxylic acids is 1. The van der Waals surface area contributed by atoms with E-state index in [1.54, 1.807) is 30.2 Å². The van der Waals surface area contributed by atoms with Crippen LogP contribution in [0.5, 0.6) is 0 Å². The van der Waals surface area contributed by atoms with Gasteiger partial charge in [-0.25, -0.2) is 4.79 Å². The number of furan rings is 1. The van der Waals surface area contributed by atoms with Crippen LogP contribution in [-0.4, -0.2) is 34.5 Å². The minimum absolute atomic E-state index is 0.217. The molecule has 0 aliphatic rings. The van der Waals surface area contributed by atoms with Crippen molar-refractivity contribution in [2.45, 2.75) is 78.7 Å². The zero-order valence-electron chi connectivity index (χ0n) is 20.0. The number of rotatable bonds is 16. The highest BCUT2D eigenvalue weighted by molar-refractivity contribution is 7.99. The quantitative estimate of drug-likeness (QED) is 0.222. The fourth-order valence-corrected chi connectivity index (χ4v) is 4.01. The van der Waals surface area contributed by atoms with Crippen LogP contribution in [-0.2, 0) is 16.0 Å². The van der Waals surface area contributed by atoms with Gasteiger partial charge in [0.25, 0.3) is 0 Å². The summed E-state index contributed by atoms with van der Waals surface area (Å²) >= 11 is 1.69. The van der Waals surface area contributed by atoms with Crippen molar-refractivity contribution < 1.29 is 19.1 Å². The molecule has 0 aliphatic heterocycles. The molecule has 1 amide bonds. The maximum Gasteiger partial charge on any atom is 0.326 e. The van der Waals surface area contributed by atoms with E-state index in [1.165, 1.54) is 16.7 Å². The molecule has 1 aromatic heterocycles. The molecule has 2 N–H and O–H groups in total. The third-order valence-electron chi connectivity index (χ3n) is 5.04. The molecule has 0 spiro atoms. The van der Waals surface area contributed by atoms with Crippen LogP contribution < -0.4 is 5.32 Å². The van der Waals surface area contributed by atoms with E-state index in [9.17, 15) is 14.7 Å². The summed E-state index contributed by atoms with van der Waals surface area (Å²) in [6.07, 6.45) is 13.8. The van der Waals surface area contributed by atoms with E-state index in [4.69, 9.17) is 4.42 Å². The SMILES string of the molecule is CC(C)=CCC/C(C)=C/CC/C(C)=C/CSCC[C@H](NC(=O)CCc1ccco1)C(=O)O. The topological polar surface area (TPSA) is 79.5 Å². The average molecular weight is 462 g/mol. The van der Waals surface area contributed by atoms with Gasteiger partial charge in [-0.15, -0.1) is 0 Å². The second-order valence-corrected chi connectivity index (χ2v) is 9.51. The minimum Gasteiger partial charge on any atom is -0.480 e. The molecular weight excluding hydrogens is 422 g/mol. The fourth-order valence-electron chi connectivity index (χ4n) is 3.04. The second-order valence-electron chi connectivity index (χ2n) is 8.36. The maximum atomic E-state index is 12.0. The Kier molecular flexibility index (Phi) is 14.3. The van der Waals surface area contributed by atoms with Crippen molar-refractivity contribution in [1.29, 1.82) is 0 Å². The zero-order chi connectivity index (χ0) is 23.8. The van der Waals surface area contributed by atoms with Gasteiger partial charge >= 0.3 is 5.97 Å². The number of amides is 1. The van der Waals surface area contributed by atoms with Crippen LogP contribution in [0.1, 0.15) is 72.0 Å². The first-order chi connectivity index (χ1) is 15.3. The Morgan fingerprint density at radius 2 is 1.75 bits per heavy atom. The number of thioether (sulfide) groups is 1. The maximum absolute atomic E-state index is 12.0. The molecule has 5 nitrogen and oxygen atoms in total. The van der Waals surface area contributed by atoms with Crippen LogP contribution in [0.25, 0.3) is 0 Å². The average Bonchev–Trinajstić information content (AvgIpc) is 3.24. The van der Waals surface area contributed by atoms with Crippen molar-refractivity contribution in [3.05, 3.63) is 59.1 Å². The summed E-state index contributed by atoms with van der Waals surface area (Å²) < 4.78 is 5.20. The highest BCUT2D eigenvalue weighted by Crippen LogP contribution is 2.13. The number of hydrogen-bond donors (Lipinski definition) is 2. The summed E-state index contributed by atoms with van der Waals surface area (Å²) in [7, 11) is 0. The second kappa shape index (κ2) is 16.4. The molecule has 1 rings (SSSR count). The van der Waals surface area contributed by atoms with Crippen LogP contribution in [0.15, 0.2) is 57.8 Å². The standard InChI is InChI=1S/C26H39NO4S/c1-20(2)8-5-9-21(3)10-6-11-22(4)15-18-32-19-16-24(26(29)30)27-25(28)14-13-23-12-7-17-31-23/h7-8,10,12,15,17,24H,5-6,9,11,13-14,16,18-19H2,1-4H3,(H,27,28)(H,29,30)/b21-10+,22-15+/t24-/m0/s1. The van der Waals surface area contributed by atoms with Gasteiger partial charge in [-0.3, -0.25) is 4.79 Å². The van der Waals surface area contributed by atoms with Crippen LogP contribution in [0.2, 0.25) is 0 Å². The van der Waals surface area contributed by atoms with Crippen LogP contribution >= 0.6 is 11.8 Å². The van der Waals surface area contributed by atoms with Gasteiger partial charge in [0.15, 0.2) is 0 Å². The predicted molar refractivity (Wildman–Crippen MR) is 134 cm³/mol. The number of hydrogen-bond acceptors (Lipinski definition) is 4. The van der Waals surface area contributed by atoms with Crippen LogP contribution in [0.3, 0.4) is 0 Å². The molecule has 6 heteroatoms. The summed E-state index contributed by atoms with van der Waals surface area (Å²) in [5.74, 6) is 1.00. The highest BCUT2D eigenvalue weighted by Gasteiger charge is 2.19. The largest absolute Gasteiger partial charge is 0.480 e. The van der Waals surface area contributed by atoms with E-state index in [-0.39, 0.29) is 12.3 Å². The van der Waals surface area contributed by atoms with E-state index < -0.39 is 12.0 Å². The summed E-state index contributed by atoms with van der Waals surface area (Å²) in [5, 5.41) is 12.0.